The summed E-state index contributed by atoms with van der Waals surface area (Å²) in [5.41, 5.74) is 3.41. The maximum Gasteiger partial charge on any atom is 0.242 e. The standard InChI is InChI=1S/C20H26N2O2/c1-4-16-6-5-7-18(14-16)22-15(2)20(23)21-13-12-17-8-10-19(24-3)11-9-17/h5-11,14-15,22H,4,12-13H2,1-3H3,(H,21,23)/t15-/m0/s1. The van der Waals surface area contributed by atoms with Gasteiger partial charge in [0, 0.05) is 12.2 Å². The van der Waals surface area contributed by atoms with Crippen molar-refractivity contribution in [3.63, 3.8) is 0 Å². The van der Waals surface area contributed by atoms with E-state index in [1.807, 2.05) is 43.3 Å². The summed E-state index contributed by atoms with van der Waals surface area (Å²) in [5, 5.41) is 6.23. The number of methoxy groups -OCH3 is 1. The minimum atomic E-state index is -0.270. The highest BCUT2D eigenvalue weighted by Gasteiger charge is 2.12. The lowest BCUT2D eigenvalue weighted by molar-refractivity contribution is -0.121. The second-order valence-electron chi connectivity index (χ2n) is 5.81. The fraction of sp³-hybridized carbons (Fsp3) is 0.350. The molecule has 0 spiro atoms. The van der Waals surface area contributed by atoms with Crippen LogP contribution in [0.25, 0.3) is 0 Å². The van der Waals surface area contributed by atoms with Crippen molar-refractivity contribution in [1.29, 1.82) is 0 Å². The van der Waals surface area contributed by atoms with Gasteiger partial charge in [0.2, 0.25) is 5.91 Å². The van der Waals surface area contributed by atoms with Gasteiger partial charge in [-0.05, 0) is 55.2 Å². The Kier molecular flexibility index (Phi) is 6.67. The molecule has 4 heteroatoms. The van der Waals surface area contributed by atoms with Crippen LogP contribution in [0.5, 0.6) is 5.75 Å². The van der Waals surface area contributed by atoms with E-state index in [0.717, 1.165) is 24.3 Å². The van der Waals surface area contributed by atoms with Gasteiger partial charge < -0.3 is 15.4 Å². The number of aryl methyl sites for hydroxylation is 1. The average Bonchev–Trinajstić information content (AvgIpc) is 2.62. The molecule has 2 N–H and O–H groups in total. The van der Waals surface area contributed by atoms with E-state index in [0.29, 0.717) is 6.54 Å². The summed E-state index contributed by atoms with van der Waals surface area (Å²) in [5.74, 6) is 0.848. The molecule has 0 aliphatic rings. The van der Waals surface area contributed by atoms with Crippen molar-refractivity contribution in [3.05, 3.63) is 59.7 Å². The molecular formula is C20H26N2O2. The third-order valence-electron chi connectivity index (χ3n) is 3.98. The molecule has 0 saturated carbocycles. The summed E-state index contributed by atoms with van der Waals surface area (Å²) in [4.78, 5) is 12.2. The van der Waals surface area contributed by atoms with Crippen LogP contribution < -0.4 is 15.4 Å². The number of benzene rings is 2. The van der Waals surface area contributed by atoms with E-state index in [4.69, 9.17) is 4.74 Å². The van der Waals surface area contributed by atoms with Crippen molar-refractivity contribution in [3.8, 4) is 5.75 Å². The Hall–Kier alpha value is -2.49. The first-order chi connectivity index (χ1) is 11.6. The summed E-state index contributed by atoms with van der Waals surface area (Å²) >= 11 is 0. The van der Waals surface area contributed by atoms with Crippen LogP contribution in [0.2, 0.25) is 0 Å². The molecule has 0 saturated heterocycles. The second kappa shape index (κ2) is 8.96. The zero-order valence-electron chi connectivity index (χ0n) is 14.6. The lowest BCUT2D eigenvalue weighted by atomic mass is 10.1. The first-order valence-electron chi connectivity index (χ1n) is 8.38. The summed E-state index contributed by atoms with van der Waals surface area (Å²) < 4.78 is 5.14. The lowest BCUT2D eigenvalue weighted by Crippen LogP contribution is -2.38. The first kappa shape index (κ1) is 17.9. The molecule has 128 valence electrons. The second-order valence-corrected chi connectivity index (χ2v) is 5.81. The van der Waals surface area contributed by atoms with Crippen molar-refractivity contribution >= 4 is 11.6 Å². The number of amides is 1. The van der Waals surface area contributed by atoms with Gasteiger partial charge in [-0.3, -0.25) is 4.79 Å². The van der Waals surface area contributed by atoms with Crippen molar-refractivity contribution < 1.29 is 9.53 Å². The molecule has 0 unspecified atom stereocenters. The van der Waals surface area contributed by atoms with Gasteiger partial charge in [-0.15, -0.1) is 0 Å². The summed E-state index contributed by atoms with van der Waals surface area (Å²) in [6.45, 7) is 4.61. The van der Waals surface area contributed by atoms with Crippen LogP contribution >= 0.6 is 0 Å². The number of rotatable bonds is 8. The van der Waals surface area contributed by atoms with Gasteiger partial charge in [0.15, 0.2) is 0 Å². The number of hydrogen-bond acceptors (Lipinski definition) is 3. The summed E-state index contributed by atoms with van der Waals surface area (Å²) in [7, 11) is 1.65. The smallest absolute Gasteiger partial charge is 0.242 e. The third-order valence-corrected chi connectivity index (χ3v) is 3.98. The highest BCUT2D eigenvalue weighted by Crippen LogP contribution is 2.13. The average molecular weight is 326 g/mol. The van der Waals surface area contributed by atoms with Crippen LogP contribution in [0.1, 0.15) is 25.0 Å². The number of anilines is 1. The number of carbonyl (C=O) groups is 1. The topological polar surface area (TPSA) is 50.4 Å². The zero-order valence-corrected chi connectivity index (χ0v) is 14.6. The fourth-order valence-corrected chi connectivity index (χ4v) is 2.47. The quantitative estimate of drug-likeness (QED) is 0.781. The van der Waals surface area contributed by atoms with E-state index in [1.54, 1.807) is 7.11 Å². The molecule has 0 bridgehead atoms. The van der Waals surface area contributed by atoms with Crippen molar-refractivity contribution in [2.75, 3.05) is 19.0 Å². The number of hydrogen-bond donors (Lipinski definition) is 2. The van der Waals surface area contributed by atoms with E-state index in [2.05, 4.69) is 29.7 Å². The Bertz CT molecular complexity index is 653. The van der Waals surface area contributed by atoms with Crippen LogP contribution in [-0.2, 0) is 17.6 Å². The van der Waals surface area contributed by atoms with Gasteiger partial charge in [0.1, 0.15) is 11.8 Å². The van der Waals surface area contributed by atoms with Crippen LogP contribution in [0.4, 0.5) is 5.69 Å². The Morgan fingerprint density at radius 1 is 1.12 bits per heavy atom. The highest BCUT2D eigenvalue weighted by molar-refractivity contribution is 5.84. The minimum Gasteiger partial charge on any atom is -0.497 e. The maximum atomic E-state index is 12.2. The highest BCUT2D eigenvalue weighted by atomic mass is 16.5. The molecule has 0 radical (unpaired) electrons. The van der Waals surface area contributed by atoms with Gasteiger partial charge in [-0.1, -0.05) is 31.2 Å². The zero-order chi connectivity index (χ0) is 17.4. The summed E-state index contributed by atoms with van der Waals surface area (Å²) in [6.07, 6.45) is 1.78. The van der Waals surface area contributed by atoms with Crippen molar-refractivity contribution in [2.45, 2.75) is 32.7 Å². The molecule has 2 aromatic rings. The van der Waals surface area contributed by atoms with Crippen LogP contribution in [0.15, 0.2) is 48.5 Å². The fourth-order valence-electron chi connectivity index (χ4n) is 2.47. The SMILES string of the molecule is CCc1cccc(N[C@@H](C)C(=O)NCCc2ccc(OC)cc2)c1. The molecule has 0 heterocycles. The van der Waals surface area contributed by atoms with E-state index in [1.165, 1.54) is 11.1 Å². The molecular weight excluding hydrogens is 300 g/mol. The normalized spacial score (nSPS) is 11.6. The number of ether oxygens (including phenoxy) is 1. The van der Waals surface area contributed by atoms with Gasteiger partial charge in [-0.25, -0.2) is 0 Å². The molecule has 0 aliphatic heterocycles. The Labute approximate surface area is 144 Å². The molecule has 0 aliphatic carbocycles. The van der Waals surface area contributed by atoms with Crippen molar-refractivity contribution in [2.24, 2.45) is 0 Å². The molecule has 2 rings (SSSR count). The van der Waals surface area contributed by atoms with E-state index in [9.17, 15) is 4.79 Å². The van der Waals surface area contributed by atoms with E-state index < -0.39 is 0 Å². The van der Waals surface area contributed by atoms with Gasteiger partial charge >= 0.3 is 0 Å². The molecule has 1 amide bonds. The predicted molar refractivity (Wildman–Crippen MR) is 98.6 cm³/mol. The van der Waals surface area contributed by atoms with E-state index in [-0.39, 0.29) is 11.9 Å². The van der Waals surface area contributed by atoms with Gasteiger partial charge in [0.05, 0.1) is 7.11 Å². The largest absolute Gasteiger partial charge is 0.497 e. The summed E-state index contributed by atoms with van der Waals surface area (Å²) in [6, 6.07) is 15.8. The molecule has 2 aromatic carbocycles. The molecule has 4 nitrogen and oxygen atoms in total. The number of nitrogens with one attached hydrogen (secondary N) is 2. The van der Waals surface area contributed by atoms with Crippen LogP contribution in [-0.4, -0.2) is 25.6 Å². The maximum absolute atomic E-state index is 12.2. The minimum absolute atomic E-state index is 0.00501. The van der Waals surface area contributed by atoms with Gasteiger partial charge in [-0.2, -0.15) is 0 Å². The molecule has 1 atom stereocenters. The van der Waals surface area contributed by atoms with Crippen molar-refractivity contribution in [1.82, 2.24) is 5.32 Å². The monoisotopic (exact) mass is 326 g/mol. The van der Waals surface area contributed by atoms with Gasteiger partial charge in [0.25, 0.3) is 0 Å². The first-order valence-corrected chi connectivity index (χ1v) is 8.38. The van der Waals surface area contributed by atoms with E-state index >= 15 is 0 Å². The predicted octanol–water partition coefficient (Wildman–Crippen LogP) is 3.42. The Balaban J connectivity index is 1.78. The Morgan fingerprint density at radius 3 is 2.54 bits per heavy atom. The third kappa shape index (κ3) is 5.30. The molecule has 0 aromatic heterocycles. The van der Waals surface area contributed by atoms with Crippen LogP contribution in [0.3, 0.4) is 0 Å². The molecule has 0 fully saturated rings. The number of carbonyl (C=O) groups excluding carboxylic acids is 1. The van der Waals surface area contributed by atoms with Crippen LogP contribution in [0, 0.1) is 0 Å². The lowest BCUT2D eigenvalue weighted by Gasteiger charge is -2.16. The molecule has 24 heavy (non-hydrogen) atoms. The Morgan fingerprint density at radius 2 is 1.88 bits per heavy atom.